The largest absolute Gasteiger partial charge is 0.487 e. The van der Waals surface area contributed by atoms with Crippen LogP contribution in [0, 0.1) is 0 Å². The average molecular weight is 190 g/mol. The van der Waals surface area contributed by atoms with Gasteiger partial charge >= 0.3 is 5.44 Å². The van der Waals surface area contributed by atoms with E-state index in [2.05, 4.69) is 4.74 Å². The Morgan fingerprint density at radius 2 is 2.17 bits per heavy atom. The number of alkyl halides is 2. The van der Waals surface area contributed by atoms with Crippen LogP contribution in [0.3, 0.4) is 0 Å². The first kappa shape index (κ1) is 7.67. The predicted molar refractivity (Wildman–Crippen MR) is 38.4 cm³/mol. The van der Waals surface area contributed by atoms with Gasteiger partial charge in [-0.15, -0.1) is 0 Å². The predicted octanol–water partition coefficient (Wildman–Crippen LogP) is 1.74. The summed E-state index contributed by atoms with van der Waals surface area (Å²) in [6, 6.07) is 5.65. The Balaban J connectivity index is 2.58. The number of hydrogen-bond donors (Lipinski definition) is 0. The molecule has 1 aromatic rings. The van der Waals surface area contributed by atoms with Gasteiger partial charge in [0.05, 0.1) is 4.90 Å². The van der Waals surface area contributed by atoms with Crippen LogP contribution >= 0.6 is 0 Å². The summed E-state index contributed by atoms with van der Waals surface area (Å²) in [5.41, 5.74) is -3.58. The highest BCUT2D eigenvalue weighted by Gasteiger charge is 2.44. The van der Waals surface area contributed by atoms with Crippen molar-refractivity contribution in [2.45, 2.75) is 10.3 Å². The third kappa shape index (κ3) is 1.01. The molecule has 1 atom stereocenters. The van der Waals surface area contributed by atoms with Crippen molar-refractivity contribution in [1.29, 1.82) is 0 Å². The highest BCUT2D eigenvalue weighted by atomic mass is 32.2. The van der Waals surface area contributed by atoms with Crippen LogP contribution in [0.15, 0.2) is 29.2 Å². The lowest BCUT2D eigenvalue weighted by Crippen LogP contribution is -2.33. The molecule has 2 nitrogen and oxygen atoms in total. The van der Waals surface area contributed by atoms with Crippen LogP contribution in [0.25, 0.3) is 0 Å². The van der Waals surface area contributed by atoms with Gasteiger partial charge < -0.3 is 4.74 Å². The first-order chi connectivity index (χ1) is 5.59. The highest BCUT2D eigenvalue weighted by molar-refractivity contribution is 7.86. The van der Waals surface area contributed by atoms with Gasteiger partial charge in [-0.2, -0.15) is 8.78 Å². The Morgan fingerprint density at radius 3 is 2.92 bits per heavy atom. The minimum Gasteiger partial charge on any atom is -0.422 e. The molecule has 1 heterocycles. The highest BCUT2D eigenvalue weighted by Crippen LogP contribution is 2.34. The van der Waals surface area contributed by atoms with Gasteiger partial charge in [-0.25, -0.2) is 4.21 Å². The summed E-state index contributed by atoms with van der Waals surface area (Å²) in [6.07, 6.45) is 0. The molecule has 2 bridgehead atoms. The molecule has 1 aromatic carbocycles. The second-order valence-corrected chi connectivity index (χ2v) is 3.79. The number of fused-ring (bicyclic) bond motifs is 2. The molecule has 2 rings (SSSR count). The van der Waals surface area contributed by atoms with E-state index in [0.717, 1.165) is 0 Å². The molecule has 0 saturated heterocycles. The Hall–Kier alpha value is -0.970. The fourth-order valence-corrected chi connectivity index (χ4v) is 1.84. The van der Waals surface area contributed by atoms with E-state index in [9.17, 15) is 13.0 Å². The number of halogens is 2. The van der Waals surface area contributed by atoms with Crippen LogP contribution in [-0.4, -0.2) is 9.65 Å². The molecule has 0 N–H and O–H groups in total. The monoisotopic (exact) mass is 190 g/mol. The molecule has 0 fully saturated rings. The Kier molecular flexibility index (Phi) is 1.44. The molecule has 12 heavy (non-hydrogen) atoms. The zero-order valence-electron chi connectivity index (χ0n) is 5.79. The van der Waals surface area contributed by atoms with E-state index in [0.29, 0.717) is 0 Å². The third-order valence-corrected chi connectivity index (χ3v) is 2.67. The van der Waals surface area contributed by atoms with E-state index in [-0.39, 0.29) is 10.6 Å². The summed E-state index contributed by atoms with van der Waals surface area (Å²) in [4.78, 5) is 0.101. The zero-order chi connectivity index (χ0) is 8.77. The van der Waals surface area contributed by atoms with Gasteiger partial charge in [0.1, 0.15) is 5.75 Å². The summed E-state index contributed by atoms with van der Waals surface area (Å²) in [5, 5.41) is 0. The maximum absolute atomic E-state index is 12.7. The van der Waals surface area contributed by atoms with Gasteiger partial charge in [-0.05, 0) is 18.2 Å². The molecular formula is C7H4F2O2S. The van der Waals surface area contributed by atoms with Crippen molar-refractivity contribution < 1.29 is 17.7 Å². The fourth-order valence-electron chi connectivity index (χ4n) is 0.965. The number of hydrogen-bond acceptors (Lipinski definition) is 2. The van der Waals surface area contributed by atoms with Crippen molar-refractivity contribution in [1.82, 2.24) is 0 Å². The minimum absolute atomic E-state index is 0.0529. The number of ether oxygens (including phenoxy) is 1. The fraction of sp³-hybridized carbons (Fsp3) is 0.143. The van der Waals surface area contributed by atoms with Gasteiger partial charge in [-0.1, -0.05) is 6.07 Å². The molecule has 0 spiro atoms. The van der Waals surface area contributed by atoms with Gasteiger partial charge in [-0.3, -0.25) is 0 Å². The molecular weight excluding hydrogens is 186 g/mol. The lowest BCUT2D eigenvalue weighted by Gasteiger charge is -2.21. The summed E-state index contributed by atoms with van der Waals surface area (Å²) in [5.74, 6) is 0.0529. The van der Waals surface area contributed by atoms with Crippen LogP contribution in [-0.2, 0) is 10.8 Å². The van der Waals surface area contributed by atoms with Crippen molar-refractivity contribution in [3.63, 3.8) is 0 Å². The van der Waals surface area contributed by atoms with Crippen LogP contribution in [0.1, 0.15) is 0 Å². The first-order valence-corrected chi connectivity index (χ1v) is 4.33. The first-order valence-electron chi connectivity index (χ1n) is 3.18. The van der Waals surface area contributed by atoms with Gasteiger partial charge in [0, 0.05) is 0 Å². The quantitative estimate of drug-likeness (QED) is 0.622. The van der Waals surface area contributed by atoms with Gasteiger partial charge in [0.25, 0.3) is 0 Å². The van der Waals surface area contributed by atoms with E-state index in [1.807, 2.05) is 0 Å². The smallest absolute Gasteiger partial charge is 0.422 e. The molecule has 5 heteroatoms. The molecule has 0 radical (unpaired) electrons. The third-order valence-electron chi connectivity index (χ3n) is 1.47. The van der Waals surface area contributed by atoms with Crippen LogP contribution in [0.5, 0.6) is 5.75 Å². The molecule has 1 aliphatic heterocycles. The van der Waals surface area contributed by atoms with Crippen LogP contribution < -0.4 is 4.74 Å². The zero-order valence-corrected chi connectivity index (χ0v) is 6.61. The maximum atomic E-state index is 12.7. The van der Waals surface area contributed by atoms with Crippen LogP contribution in [0.2, 0.25) is 0 Å². The van der Waals surface area contributed by atoms with E-state index in [4.69, 9.17) is 0 Å². The van der Waals surface area contributed by atoms with Crippen molar-refractivity contribution in [2.75, 3.05) is 0 Å². The summed E-state index contributed by atoms with van der Waals surface area (Å²) in [7, 11) is -2.38. The lowest BCUT2D eigenvalue weighted by molar-refractivity contribution is -0.0951. The Labute approximate surface area is 69.6 Å². The normalized spacial score (nSPS) is 24.7. The van der Waals surface area contributed by atoms with Crippen LogP contribution in [0.4, 0.5) is 8.78 Å². The molecule has 1 unspecified atom stereocenters. The molecule has 0 aromatic heterocycles. The maximum Gasteiger partial charge on any atom is 0.487 e. The average Bonchev–Trinajstić information content (AvgIpc) is 2.01. The standard InChI is InChI=1S/C7H4F2O2S/c8-7(9)11-5-2-1-3-6(4-5)12(7)10/h1-4H. The molecule has 0 saturated carbocycles. The van der Waals surface area contributed by atoms with E-state index >= 15 is 0 Å². The van der Waals surface area contributed by atoms with Crippen molar-refractivity contribution >= 4 is 10.8 Å². The van der Waals surface area contributed by atoms with Gasteiger partial charge in [0.2, 0.25) is 0 Å². The summed E-state index contributed by atoms with van der Waals surface area (Å²) in [6.45, 7) is 0. The van der Waals surface area contributed by atoms with E-state index in [1.165, 1.54) is 24.3 Å². The van der Waals surface area contributed by atoms with Crippen molar-refractivity contribution in [2.24, 2.45) is 0 Å². The van der Waals surface area contributed by atoms with E-state index < -0.39 is 16.2 Å². The number of benzene rings is 1. The second-order valence-electron chi connectivity index (χ2n) is 2.31. The van der Waals surface area contributed by atoms with E-state index in [1.54, 1.807) is 0 Å². The Morgan fingerprint density at radius 1 is 1.42 bits per heavy atom. The molecule has 0 aliphatic carbocycles. The topological polar surface area (TPSA) is 26.3 Å². The van der Waals surface area contributed by atoms with Crippen molar-refractivity contribution in [3.8, 4) is 5.75 Å². The summed E-state index contributed by atoms with van der Waals surface area (Å²) >= 11 is 0. The second kappa shape index (κ2) is 2.26. The molecule has 64 valence electrons. The summed E-state index contributed by atoms with van der Waals surface area (Å²) < 4.78 is 40.5. The number of rotatable bonds is 0. The lowest BCUT2D eigenvalue weighted by atomic mass is 10.3. The van der Waals surface area contributed by atoms with Crippen molar-refractivity contribution in [3.05, 3.63) is 24.3 Å². The SMILES string of the molecule is O=S1c2cccc(c2)OC1(F)F. The molecule has 0 amide bonds. The van der Waals surface area contributed by atoms with Gasteiger partial charge in [0.15, 0.2) is 10.8 Å². The molecule has 1 aliphatic rings. The minimum atomic E-state index is -3.58. The Bertz CT molecular complexity index is 351.